The first-order chi connectivity index (χ1) is 11.0. The van der Waals surface area contributed by atoms with Gasteiger partial charge in [0.05, 0.1) is 16.5 Å². The fourth-order valence-corrected chi connectivity index (χ4v) is 3.16. The summed E-state index contributed by atoms with van der Waals surface area (Å²) < 4.78 is 0. The number of rotatable bonds is 2. The van der Waals surface area contributed by atoms with E-state index in [2.05, 4.69) is 24.1 Å². The summed E-state index contributed by atoms with van der Waals surface area (Å²) in [6, 6.07) is 13.6. The highest BCUT2D eigenvalue weighted by Crippen LogP contribution is 2.25. The summed E-state index contributed by atoms with van der Waals surface area (Å²) in [5.41, 5.74) is 3.25. The highest BCUT2D eigenvalue weighted by molar-refractivity contribution is 6.42. The number of likely N-dealkylation sites (N-methyl/N-ethyl adjacent to an activating group) is 1. The van der Waals surface area contributed by atoms with Gasteiger partial charge in [-0.05, 0) is 29.3 Å². The first kappa shape index (κ1) is 16.2. The van der Waals surface area contributed by atoms with Crippen LogP contribution in [0, 0.1) is 0 Å². The maximum absolute atomic E-state index is 12.7. The van der Waals surface area contributed by atoms with Crippen molar-refractivity contribution < 1.29 is 4.79 Å². The normalized spacial score (nSPS) is 14.4. The van der Waals surface area contributed by atoms with Crippen LogP contribution in [0.4, 0.5) is 5.69 Å². The third-order valence-electron chi connectivity index (χ3n) is 4.16. The molecule has 1 aliphatic rings. The predicted octanol–water partition coefficient (Wildman–Crippen LogP) is 4.01. The van der Waals surface area contributed by atoms with E-state index in [0.717, 1.165) is 12.1 Å². The van der Waals surface area contributed by atoms with Crippen LogP contribution in [-0.2, 0) is 17.8 Å². The number of para-hydroxylation sites is 1. The number of halogens is 2. The van der Waals surface area contributed by atoms with E-state index in [1.165, 1.54) is 11.3 Å². The van der Waals surface area contributed by atoms with Crippen molar-refractivity contribution in [2.75, 3.05) is 25.0 Å². The molecule has 23 heavy (non-hydrogen) atoms. The van der Waals surface area contributed by atoms with E-state index in [1.807, 2.05) is 23.1 Å². The second kappa shape index (κ2) is 6.81. The van der Waals surface area contributed by atoms with Crippen molar-refractivity contribution in [1.29, 1.82) is 0 Å². The summed E-state index contributed by atoms with van der Waals surface area (Å²) in [5.74, 6) is 0.105. The number of carbonyl (C=O) groups excluding carboxylic acids is 1. The molecule has 3 rings (SSSR count). The number of nitrogens with zero attached hydrogens (tertiary/aromatic N) is 2. The minimum atomic E-state index is 0.105. The first-order valence-corrected chi connectivity index (χ1v) is 8.31. The summed E-state index contributed by atoms with van der Waals surface area (Å²) >= 11 is 12.0. The van der Waals surface area contributed by atoms with Gasteiger partial charge in [-0.1, -0.05) is 47.5 Å². The number of benzene rings is 2. The maximum Gasteiger partial charge on any atom is 0.227 e. The van der Waals surface area contributed by atoms with Crippen LogP contribution in [0.2, 0.25) is 10.0 Å². The highest BCUT2D eigenvalue weighted by Gasteiger charge is 2.21. The molecule has 120 valence electrons. The molecule has 0 spiro atoms. The quantitative estimate of drug-likeness (QED) is 0.818. The van der Waals surface area contributed by atoms with Crippen molar-refractivity contribution in [3.8, 4) is 0 Å². The molecule has 0 bridgehead atoms. The number of hydrogen-bond acceptors (Lipinski definition) is 2. The lowest BCUT2D eigenvalue weighted by Crippen LogP contribution is -2.35. The molecule has 2 aromatic carbocycles. The van der Waals surface area contributed by atoms with Gasteiger partial charge in [-0.15, -0.1) is 0 Å². The van der Waals surface area contributed by atoms with Gasteiger partial charge in [-0.3, -0.25) is 4.79 Å². The Bertz CT molecular complexity index is 733. The zero-order valence-electron chi connectivity index (χ0n) is 12.9. The third-order valence-corrected chi connectivity index (χ3v) is 4.90. The largest absolute Gasteiger partial charge is 0.373 e. The smallest absolute Gasteiger partial charge is 0.227 e. The minimum absolute atomic E-state index is 0.105. The molecular formula is C18H18Cl2N2O. The molecule has 0 unspecified atom stereocenters. The van der Waals surface area contributed by atoms with Crippen LogP contribution >= 0.6 is 23.2 Å². The van der Waals surface area contributed by atoms with Crippen LogP contribution in [-0.4, -0.2) is 30.9 Å². The van der Waals surface area contributed by atoms with Gasteiger partial charge in [0.15, 0.2) is 0 Å². The number of fused-ring (bicyclic) bond motifs is 1. The van der Waals surface area contributed by atoms with Crippen LogP contribution in [0.3, 0.4) is 0 Å². The molecule has 1 heterocycles. The van der Waals surface area contributed by atoms with Gasteiger partial charge >= 0.3 is 0 Å². The van der Waals surface area contributed by atoms with E-state index in [0.29, 0.717) is 29.6 Å². The Kier molecular flexibility index (Phi) is 4.79. The van der Waals surface area contributed by atoms with Gasteiger partial charge < -0.3 is 9.80 Å². The molecule has 0 fully saturated rings. The summed E-state index contributed by atoms with van der Waals surface area (Å²) in [5, 5.41) is 0.992. The van der Waals surface area contributed by atoms with Gasteiger partial charge in [0, 0.05) is 32.4 Å². The van der Waals surface area contributed by atoms with Gasteiger partial charge in [0.1, 0.15) is 0 Å². The molecule has 0 saturated carbocycles. The Hall–Kier alpha value is -1.71. The Morgan fingerprint density at radius 3 is 2.65 bits per heavy atom. The number of carbonyl (C=O) groups is 1. The summed E-state index contributed by atoms with van der Waals surface area (Å²) in [7, 11) is 2.06. The molecular weight excluding hydrogens is 331 g/mol. The van der Waals surface area contributed by atoms with E-state index >= 15 is 0 Å². The highest BCUT2D eigenvalue weighted by atomic mass is 35.5. The molecule has 0 saturated heterocycles. The lowest BCUT2D eigenvalue weighted by molar-refractivity contribution is -0.130. The fourth-order valence-electron chi connectivity index (χ4n) is 2.84. The second-order valence-corrected chi connectivity index (χ2v) is 6.61. The SMILES string of the molecule is CN1CCN(C(=O)Cc2ccc(Cl)c(Cl)c2)Cc2ccccc21. The van der Waals surface area contributed by atoms with E-state index in [-0.39, 0.29) is 5.91 Å². The van der Waals surface area contributed by atoms with E-state index in [9.17, 15) is 4.79 Å². The Balaban J connectivity index is 1.76. The lowest BCUT2D eigenvalue weighted by Gasteiger charge is -2.21. The lowest BCUT2D eigenvalue weighted by atomic mass is 10.1. The van der Waals surface area contributed by atoms with E-state index < -0.39 is 0 Å². The van der Waals surface area contributed by atoms with Crippen molar-refractivity contribution in [3.05, 3.63) is 63.6 Å². The molecule has 1 aliphatic heterocycles. The third kappa shape index (κ3) is 3.62. The molecule has 0 atom stereocenters. The molecule has 5 heteroatoms. The molecule has 0 aromatic heterocycles. The Morgan fingerprint density at radius 1 is 1.09 bits per heavy atom. The van der Waals surface area contributed by atoms with E-state index in [4.69, 9.17) is 23.2 Å². The molecule has 1 amide bonds. The predicted molar refractivity (Wildman–Crippen MR) is 95.3 cm³/mol. The molecule has 3 nitrogen and oxygen atoms in total. The zero-order chi connectivity index (χ0) is 16.4. The van der Waals surface area contributed by atoms with Gasteiger partial charge in [0.25, 0.3) is 0 Å². The first-order valence-electron chi connectivity index (χ1n) is 7.55. The van der Waals surface area contributed by atoms with Crippen molar-refractivity contribution in [3.63, 3.8) is 0 Å². The van der Waals surface area contributed by atoms with Crippen LogP contribution in [0.5, 0.6) is 0 Å². The van der Waals surface area contributed by atoms with Crippen LogP contribution in [0.1, 0.15) is 11.1 Å². The van der Waals surface area contributed by atoms with Crippen molar-refractivity contribution in [2.45, 2.75) is 13.0 Å². The molecule has 0 aliphatic carbocycles. The average Bonchev–Trinajstić information content (AvgIpc) is 2.71. The van der Waals surface area contributed by atoms with Crippen LogP contribution < -0.4 is 4.90 Å². The molecule has 2 aromatic rings. The van der Waals surface area contributed by atoms with Crippen molar-refractivity contribution in [2.24, 2.45) is 0 Å². The van der Waals surface area contributed by atoms with Gasteiger partial charge in [-0.25, -0.2) is 0 Å². The Labute approximate surface area is 146 Å². The van der Waals surface area contributed by atoms with Gasteiger partial charge in [-0.2, -0.15) is 0 Å². The number of hydrogen-bond donors (Lipinski definition) is 0. The van der Waals surface area contributed by atoms with Crippen LogP contribution in [0.25, 0.3) is 0 Å². The maximum atomic E-state index is 12.7. The Morgan fingerprint density at radius 2 is 1.87 bits per heavy atom. The average molecular weight is 349 g/mol. The monoisotopic (exact) mass is 348 g/mol. The summed E-state index contributed by atoms with van der Waals surface area (Å²) in [6.45, 7) is 2.18. The molecule has 0 radical (unpaired) electrons. The van der Waals surface area contributed by atoms with Crippen molar-refractivity contribution in [1.82, 2.24) is 4.90 Å². The van der Waals surface area contributed by atoms with Crippen LogP contribution in [0.15, 0.2) is 42.5 Å². The number of amides is 1. The minimum Gasteiger partial charge on any atom is -0.373 e. The zero-order valence-corrected chi connectivity index (χ0v) is 14.4. The fraction of sp³-hybridized carbons (Fsp3) is 0.278. The summed E-state index contributed by atoms with van der Waals surface area (Å²) in [4.78, 5) is 16.8. The summed E-state index contributed by atoms with van der Waals surface area (Å²) in [6.07, 6.45) is 0.336. The van der Waals surface area contributed by atoms with E-state index in [1.54, 1.807) is 12.1 Å². The standard InChI is InChI=1S/C18H18Cl2N2O/c1-21-8-9-22(12-14-4-2-3-5-17(14)21)18(23)11-13-6-7-15(19)16(20)10-13/h2-7,10H,8-9,11-12H2,1H3. The topological polar surface area (TPSA) is 23.6 Å². The van der Waals surface area contributed by atoms with Gasteiger partial charge in [0.2, 0.25) is 5.91 Å². The molecule has 0 N–H and O–H groups in total. The number of anilines is 1. The second-order valence-electron chi connectivity index (χ2n) is 5.79. The van der Waals surface area contributed by atoms with Crippen molar-refractivity contribution >= 4 is 34.8 Å².